The smallest absolute Gasteiger partial charge is 0.176 e. The molecule has 5 nitrogen and oxygen atoms in total. The van der Waals surface area contributed by atoms with Crippen LogP contribution in [0.15, 0.2) is 18.2 Å². The van der Waals surface area contributed by atoms with Crippen LogP contribution in [-0.2, 0) is 13.5 Å². The molecule has 0 bridgehead atoms. The van der Waals surface area contributed by atoms with E-state index in [0.29, 0.717) is 22.3 Å². The summed E-state index contributed by atoms with van der Waals surface area (Å²) >= 11 is 12.1. The summed E-state index contributed by atoms with van der Waals surface area (Å²) in [6, 6.07) is 5.75. The topological polar surface area (TPSA) is 55.6 Å². The minimum atomic E-state index is 0.0916. The highest BCUT2D eigenvalue weighted by atomic mass is 35.5. The summed E-state index contributed by atoms with van der Waals surface area (Å²) < 4.78 is 0. The van der Waals surface area contributed by atoms with Gasteiger partial charge in [-0.05, 0) is 35.9 Å². The molecule has 1 aromatic heterocycles. The van der Waals surface area contributed by atoms with Crippen molar-refractivity contribution in [1.82, 2.24) is 25.5 Å². The van der Waals surface area contributed by atoms with E-state index in [1.807, 2.05) is 18.2 Å². The third-order valence-electron chi connectivity index (χ3n) is 2.92. The Morgan fingerprint density at radius 3 is 2.70 bits per heavy atom. The van der Waals surface area contributed by atoms with E-state index < -0.39 is 0 Å². The van der Waals surface area contributed by atoms with E-state index in [0.717, 1.165) is 18.5 Å². The lowest BCUT2D eigenvalue weighted by molar-refractivity contribution is 0.517. The number of nitrogens with zero attached hydrogens (tertiary/aromatic N) is 4. The molecule has 2 aromatic rings. The molecule has 0 saturated heterocycles. The van der Waals surface area contributed by atoms with Crippen LogP contribution in [0.3, 0.4) is 0 Å². The predicted molar refractivity (Wildman–Crippen MR) is 80.0 cm³/mol. The predicted octanol–water partition coefficient (Wildman–Crippen LogP) is 2.80. The number of halogens is 2. The van der Waals surface area contributed by atoms with Gasteiger partial charge in [-0.2, -0.15) is 4.80 Å². The normalized spacial score (nSPS) is 12.6. The minimum Gasteiger partial charge on any atom is -0.310 e. The molecule has 0 saturated carbocycles. The van der Waals surface area contributed by atoms with Gasteiger partial charge in [0.15, 0.2) is 5.82 Å². The van der Waals surface area contributed by atoms with E-state index in [9.17, 15) is 0 Å². The monoisotopic (exact) mass is 313 g/mol. The first-order chi connectivity index (χ1) is 9.60. The van der Waals surface area contributed by atoms with Gasteiger partial charge in [0.05, 0.1) is 17.1 Å². The number of hydrogen-bond donors (Lipinski definition) is 1. The lowest BCUT2D eigenvalue weighted by atomic mass is 10.0. The van der Waals surface area contributed by atoms with Crippen molar-refractivity contribution in [2.45, 2.75) is 25.8 Å². The molecule has 0 aliphatic rings. The highest BCUT2D eigenvalue weighted by molar-refractivity contribution is 6.42. The Kier molecular flexibility index (Phi) is 5.34. The average Bonchev–Trinajstić information content (AvgIpc) is 2.83. The standard InChI is InChI=1S/C13H17Cl2N5/c1-3-6-16-12(8-13-17-19-20(2)18-13)9-4-5-10(14)11(15)7-9/h4-5,7,12,16H,3,6,8H2,1-2H3. The molecule has 2 rings (SSSR count). The summed E-state index contributed by atoms with van der Waals surface area (Å²) in [6.45, 7) is 3.03. The number of aromatic nitrogens is 4. The Morgan fingerprint density at radius 1 is 1.30 bits per heavy atom. The molecular formula is C13H17Cl2N5. The van der Waals surface area contributed by atoms with Crippen molar-refractivity contribution in [2.24, 2.45) is 7.05 Å². The lowest BCUT2D eigenvalue weighted by Gasteiger charge is -2.18. The quantitative estimate of drug-likeness (QED) is 0.891. The van der Waals surface area contributed by atoms with Gasteiger partial charge in [-0.3, -0.25) is 0 Å². The zero-order valence-corrected chi connectivity index (χ0v) is 13.0. The molecule has 0 radical (unpaired) electrons. The fraction of sp³-hybridized carbons (Fsp3) is 0.462. The van der Waals surface area contributed by atoms with Crippen molar-refractivity contribution in [3.05, 3.63) is 39.6 Å². The largest absolute Gasteiger partial charge is 0.310 e. The van der Waals surface area contributed by atoms with E-state index in [4.69, 9.17) is 23.2 Å². The summed E-state index contributed by atoms with van der Waals surface area (Å²) in [5, 5.41) is 16.7. The lowest BCUT2D eigenvalue weighted by Crippen LogP contribution is -2.24. The molecule has 1 unspecified atom stereocenters. The molecule has 0 spiro atoms. The van der Waals surface area contributed by atoms with E-state index in [-0.39, 0.29) is 6.04 Å². The maximum Gasteiger partial charge on any atom is 0.176 e. The van der Waals surface area contributed by atoms with E-state index >= 15 is 0 Å². The Balaban J connectivity index is 2.19. The van der Waals surface area contributed by atoms with Crippen molar-refractivity contribution < 1.29 is 0 Å². The Bertz CT molecular complexity index is 570. The Morgan fingerprint density at radius 2 is 2.10 bits per heavy atom. The third kappa shape index (κ3) is 3.91. The van der Waals surface area contributed by atoms with Gasteiger partial charge in [-0.1, -0.05) is 36.2 Å². The molecule has 0 aliphatic heterocycles. The van der Waals surface area contributed by atoms with Crippen molar-refractivity contribution in [3.8, 4) is 0 Å². The highest BCUT2D eigenvalue weighted by Crippen LogP contribution is 2.26. The van der Waals surface area contributed by atoms with Crippen LogP contribution >= 0.6 is 23.2 Å². The minimum absolute atomic E-state index is 0.0916. The number of nitrogens with one attached hydrogen (secondary N) is 1. The van der Waals surface area contributed by atoms with E-state index in [1.165, 1.54) is 4.80 Å². The summed E-state index contributed by atoms with van der Waals surface area (Å²) in [5.41, 5.74) is 1.07. The molecular weight excluding hydrogens is 297 g/mol. The third-order valence-corrected chi connectivity index (χ3v) is 3.66. The van der Waals surface area contributed by atoms with Gasteiger partial charge in [-0.15, -0.1) is 10.2 Å². The maximum atomic E-state index is 6.09. The molecule has 1 heterocycles. The number of aryl methyl sites for hydroxylation is 1. The van der Waals surface area contributed by atoms with Gasteiger partial charge in [0.2, 0.25) is 0 Å². The van der Waals surface area contributed by atoms with Crippen LogP contribution in [0.5, 0.6) is 0 Å². The number of rotatable bonds is 6. The summed E-state index contributed by atoms with van der Waals surface area (Å²) in [5.74, 6) is 0.701. The van der Waals surface area contributed by atoms with Gasteiger partial charge in [0, 0.05) is 12.5 Å². The van der Waals surface area contributed by atoms with Crippen LogP contribution in [-0.4, -0.2) is 26.8 Å². The fourth-order valence-corrected chi connectivity index (χ4v) is 2.25. The van der Waals surface area contributed by atoms with Crippen molar-refractivity contribution >= 4 is 23.2 Å². The van der Waals surface area contributed by atoms with Crippen LogP contribution < -0.4 is 5.32 Å². The molecule has 1 atom stereocenters. The van der Waals surface area contributed by atoms with Gasteiger partial charge in [-0.25, -0.2) is 0 Å². The molecule has 0 aliphatic carbocycles. The zero-order chi connectivity index (χ0) is 14.5. The van der Waals surface area contributed by atoms with Crippen molar-refractivity contribution in [3.63, 3.8) is 0 Å². The first kappa shape index (κ1) is 15.2. The number of hydrogen-bond acceptors (Lipinski definition) is 4. The van der Waals surface area contributed by atoms with E-state index in [2.05, 4.69) is 27.7 Å². The van der Waals surface area contributed by atoms with Crippen molar-refractivity contribution in [2.75, 3.05) is 6.54 Å². The molecule has 0 amide bonds. The average molecular weight is 314 g/mol. The van der Waals surface area contributed by atoms with Gasteiger partial charge in [0.1, 0.15) is 0 Å². The van der Waals surface area contributed by atoms with Crippen molar-refractivity contribution in [1.29, 1.82) is 0 Å². The van der Waals surface area contributed by atoms with Gasteiger partial charge < -0.3 is 5.32 Å². The molecule has 1 aromatic carbocycles. The summed E-state index contributed by atoms with van der Waals surface area (Å²) in [4.78, 5) is 1.46. The molecule has 0 fully saturated rings. The molecule has 1 N–H and O–H groups in total. The summed E-state index contributed by atoms with van der Waals surface area (Å²) in [6.07, 6.45) is 1.71. The van der Waals surface area contributed by atoms with Crippen LogP contribution in [0.2, 0.25) is 10.0 Å². The molecule has 7 heteroatoms. The van der Waals surface area contributed by atoms with Crippen LogP contribution in [0.4, 0.5) is 0 Å². The second-order valence-electron chi connectivity index (χ2n) is 4.58. The van der Waals surface area contributed by atoms with Crippen LogP contribution in [0.1, 0.15) is 30.8 Å². The number of tetrazole rings is 1. The summed E-state index contributed by atoms with van der Waals surface area (Å²) in [7, 11) is 1.75. The maximum absolute atomic E-state index is 6.09. The number of benzene rings is 1. The van der Waals surface area contributed by atoms with Gasteiger partial charge in [0.25, 0.3) is 0 Å². The first-order valence-electron chi connectivity index (χ1n) is 6.51. The second kappa shape index (κ2) is 7.02. The molecule has 108 valence electrons. The SMILES string of the molecule is CCCNC(Cc1nnn(C)n1)c1ccc(Cl)c(Cl)c1. The first-order valence-corrected chi connectivity index (χ1v) is 7.27. The highest BCUT2D eigenvalue weighted by Gasteiger charge is 2.15. The van der Waals surface area contributed by atoms with Crippen LogP contribution in [0, 0.1) is 0 Å². The Hall–Kier alpha value is -1.17. The van der Waals surface area contributed by atoms with E-state index in [1.54, 1.807) is 7.05 Å². The van der Waals surface area contributed by atoms with Crippen LogP contribution in [0.25, 0.3) is 0 Å². The molecule has 20 heavy (non-hydrogen) atoms. The Labute approximate surface area is 128 Å². The van der Waals surface area contributed by atoms with Gasteiger partial charge >= 0.3 is 0 Å². The second-order valence-corrected chi connectivity index (χ2v) is 5.39. The fourth-order valence-electron chi connectivity index (χ4n) is 1.94. The zero-order valence-electron chi connectivity index (χ0n) is 11.5.